The summed E-state index contributed by atoms with van der Waals surface area (Å²) in [5, 5.41) is 9.12. The Balaban J connectivity index is 2.04. The molecule has 6 nitrogen and oxygen atoms in total. The zero-order chi connectivity index (χ0) is 14.4. The standard InChI is InChI=1S/C14H18N4O2/c1-17-6-5-16-13(17)11-18(7-8-19)14(20)9-12-3-2-4-15-10-12/h2-6,10,19H,7-9,11H2,1H3. The number of nitrogens with zero attached hydrogens (tertiary/aromatic N) is 4. The molecule has 0 saturated carbocycles. The SMILES string of the molecule is Cn1ccnc1CN(CCO)C(=O)Cc1cccnc1. The second-order valence-electron chi connectivity index (χ2n) is 4.53. The summed E-state index contributed by atoms with van der Waals surface area (Å²) in [6.07, 6.45) is 7.15. The maximum absolute atomic E-state index is 12.3. The summed E-state index contributed by atoms with van der Waals surface area (Å²) >= 11 is 0. The van der Waals surface area contributed by atoms with E-state index in [1.807, 2.05) is 23.9 Å². The van der Waals surface area contributed by atoms with Crippen molar-refractivity contribution in [2.24, 2.45) is 7.05 Å². The summed E-state index contributed by atoms with van der Waals surface area (Å²) < 4.78 is 1.86. The van der Waals surface area contributed by atoms with Crippen molar-refractivity contribution < 1.29 is 9.90 Å². The molecule has 0 unspecified atom stereocenters. The molecule has 0 aromatic carbocycles. The van der Waals surface area contributed by atoms with Gasteiger partial charge in [0, 0.05) is 38.4 Å². The van der Waals surface area contributed by atoms with E-state index in [-0.39, 0.29) is 18.9 Å². The lowest BCUT2D eigenvalue weighted by Gasteiger charge is -2.21. The number of rotatable bonds is 6. The van der Waals surface area contributed by atoms with Gasteiger partial charge in [-0.25, -0.2) is 4.98 Å². The Morgan fingerprint density at radius 1 is 1.45 bits per heavy atom. The Kier molecular flexibility index (Phi) is 4.84. The molecule has 2 aromatic heterocycles. The summed E-state index contributed by atoms with van der Waals surface area (Å²) in [4.78, 5) is 22.1. The number of amides is 1. The quantitative estimate of drug-likeness (QED) is 0.826. The molecule has 20 heavy (non-hydrogen) atoms. The first kappa shape index (κ1) is 14.2. The lowest BCUT2D eigenvalue weighted by atomic mass is 10.2. The van der Waals surface area contributed by atoms with Crippen molar-refractivity contribution in [2.45, 2.75) is 13.0 Å². The van der Waals surface area contributed by atoms with Gasteiger partial charge in [-0.1, -0.05) is 6.07 Å². The summed E-state index contributed by atoms with van der Waals surface area (Å²) in [5.41, 5.74) is 0.861. The first-order valence-electron chi connectivity index (χ1n) is 6.44. The monoisotopic (exact) mass is 274 g/mol. The van der Waals surface area contributed by atoms with E-state index >= 15 is 0 Å². The molecule has 106 valence electrons. The number of aliphatic hydroxyl groups is 1. The molecule has 6 heteroatoms. The number of imidazole rings is 1. The van der Waals surface area contributed by atoms with Gasteiger partial charge < -0.3 is 14.6 Å². The Morgan fingerprint density at radius 2 is 2.30 bits per heavy atom. The molecular weight excluding hydrogens is 256 g/mol. The van der Waals surface area contributed by atoms with Crippen LogP contribution in [0.15, 0.2) is 36.9 Å². The van der Waals surface area contributed by atoms with Crippen LogP contribution in [-0.2, 0) is 24.8 Å². The second kappa shape index (κ2) is 6.81. The van der Waals surface area contributed by atoms with Crippen molar-refractivity contribution in [1.82, 2.24) is 19.4 Å². The molecule has 2 heterocycles. The fraction of sp³-hybridized carbons (Fsp3) is 0.357. The predicted octanol–water partition coefficient (Wildman–Crippen LogP) is 0.379. The van der Waals surface area contributed by atoms with Gasteiger partial charge in [-0.3, -0.25) is 9.78 Å². The number of aryl methyl sites for hydroxylation is 1. The maximum Gasteiger partial charge on any atom is 0.227 e. The smallest absolute Gasteiger partial charge is 0.227 e. The average Bonchev–Trinajstić information content (AvgIpc) is 2.85. The number of hydrogen-bond acceptors (Lipinski definition) is 4. The van der Waals surface area contributed by atoms with Crippen molar-refractivity contribution >= 4 is 5.91 Å². The van der Waals surface area contributed by atoms with Gasteiger partial charge in [0.1, 0.15) is 5.82 Å². The molecule has 0 saturated heterocycles. The van der Waals surface area contributed by atoms with Crippen molar-refractivity contribution in [3.8, 4) is 0 Å². The number of carbonyl (C=O) groups is 1. The van der Waals surface area contributed by atoms with E-state index in [1.165, 1.54) is 0 Å². The van der Waals surface area contributed by atoms with Crippen molar-refractivity contribution in [3.63, 3.8) is 0 Å². The molecule has 0 aliphatic heterocycles. The summed E-state index contributed by atoms with van der Waals surface area (Å²) in [6, 6.07) is 3.67. The van der Waals surface area contributed by atoms with Gasteiger partial charge in [0.15, 0.2) is 0 Å². The molecule has 0 bridgehead atoms. The van der Waals surface area contributed by atoms with E-state index in [2.05, 4.69) is 9.97 Å². The van der Waals surface area contributed by atoms with Gasteiger partial charge in [0.05, 0.1) is 19.6 Å². The van der Waals surface area contributed by atoms with Gasteiger partial charge in [0.25, 0.3) is 0 Å². The van der Waals surface area contributed by atoms with Crippen molar-refractivity contribution in [2.75, 3.05) is 13.2 Å². The molecule has 0 radical (unpaired) electrons. The molecule has 2 rings (SSSR count). The minimum atomic E-state index is -0.0663. The normalized spacial score (nSPS) is 10.5. The lowest BCUT2D eigenvalue weighted by Crippen LogP contribution is -2.35. The number of carbonyl (C=O) groups excluding carboxylic acids is 1. The van der Waals surface area contributed by atoms with E-state index in [0.29, 0.717) is 13.1 Å². The molecule has 0 atom stereocenters. The van der Waals surface area contributed by atoms with Gasteiger partial charge in [-0.15, -0.1) is 0 Å². The minimum absolute atomic E-state index is 0.0462. The van der Waals surface area contributed by atoms with Crippen molar-refractivity contribution in [3.05, 3.63) is 48.3 Å². The molecular formula is C14H18N4O2. The number of aromatic nitrogens is 3. The predicted molar refractivity (Wildman–Crippen MR) is 73.7 cm³/mol. The van der Waals surface area contributed by atoms with Crippen molar-refractivity contribution in [1.29, 1.82) is 0 Å². The summed E-state index contributed by atoms with van der Waals surface area (Å²) in [7, 11) is 1.88. The number of aliphatic hydroxyl groups excluding tert-OH is 1. The van der Waals surface area contributed by atoms with Gasteiger partial charge >= 0.3 is 0 Å². The molecule has 0 fully saturated rings. The van der Waals surface area contributed by atoms with E-state index < -0.39 is 0 Å². The van der Waals surface area contributed by atoms with Crippen LogP contribution in [0.5, 0.6) is 0 Å². The number of hydrogen-bond donors (Lipinski definition) is 1. The highest BCUT2D eigenvalue weighted by atomic mass is 16.3. The molecule has 0 spiro atoms. The fourth-order valence-corrected chi connectivity index (χ4v) is 1.92. The van der Waals surface area contributed by atoms with Crippen LogP contribution in [0.3, 0.4) is 0 Å². The summed E-state index contributed by atoms with van der Waals surface area (Å²) in [5.74, 6) is 0.744. The Morgan fingerprint density at radius 3 is 2.90 bits per heavy atom. The van der Waals surface area contributed by atoms with Crippen LogP contribution < -0.4 is 0 Å². The summed E-state index contributed by atoms with van der Waals surface area (Å²) in [6.45, 7) is 0.623. The minimum Gasteiger partial charge on any atom is -0.395 e. The third-order valence-electron chi connectivity index (χ3n) is 3.05. The largest absolute Gasteiger partial charge is 0.395 e. The van der Waals surface area contributed by atoms with Gasteiger partial charge in [-0.2, -0.15) is 0 Å². The highest BCUT2D eigenvalue weighted by Crippen LogP contribution is 2.06. The van der Waals surface area contributed by atoms with Crippen LogP contribution in [0.1, 0.15) is 11.4 Å². The topological polar surface area (TPSA) is 71.2 Å². The zero-order valence-electron chi connectivity index (χ0n) is 11.4. The third kappa shape index (κ3) is 3.64. The maximum atomic E-state index is 12.3. The van der Waals surface area contributed by atoms with Crippen LogP contribution in [0.2, 0.25) is 0 Å². The first-order valence-corrected chi connectivity index (χ1v) is 6.44. The van der Waals surface area contributed by atoms with Crippen LogP contribution in [0, 0.1) is 0 Å². The Bertz CT molecular complexity index is 553. The molecule has 1 N–H and O–H groups in total. The first-order chi connectivity index (χ1) is 9.70. The average molecular weight is 274 g/mol. The second-order valence-corrected chi connectivity index (χ2v) is 4.53. The highest BCUT2D eigenvalue weighted by Gasteiger charge is 2.16. The molecule has 0 aliphatic carbocycles. The third-order valence-corrected chi connectivity index (χ3v) is 3.05. The van der Waals surface area contributed by atoms with Crippen LogP contribution >= 0.6 is 0 Å². The van der Waals surface area contributed by atoms with Gasteiger partial charge in [-0.05, 0) is 11.6 Å². The highest BCUT2D eigenvalue weighted by molar-refractivity contribution is 5.78. The number of pyridine rings is 1. The Hall–Kier alpha value is -2.21. The molecule has 2 aromatic rings. The van der Waals surface area contributed by atoms with Gasteiger partial charge in [0.2, 0.25) is 5.91 Å². The van der Waals surface area contributed by atoms with Crippen LogP contribution in [0.4, 0.5) is 0 Å². The fourth-order valence-electron chi connectivity index (χ4n) is 1.92. The zero-order valence-corrected chi connectivity index (χ0v) is 11.4. The molecule has 0 aliphatic rings. The molecule has 1 amide bonds. The Labute approximate surface area is 117 Å². The van der Waals surface area contributed by atoms with E-state index in [4.69, 9.17) is 5.11 Å². The van der Waals surface area contributed by atoms with E-state index in [0.717, 1.165) is 11.4 Å². The van der Waals surface area contributed by atoms with Crippen LogP contribution in [0.25, 0.3) is 0 Å². The lowest BCUT2D eigenvalue weighted by molar-refractivity contribution is -0.131. The van der Waals surface area contributed by atoms with E-state index in [1.54, 1.807) is 29.6 Å². The van der Waals surface area contributed by atoms with Crippen LogP contribution in [-0.4, -0.2) is 43.6 Å². The van der Waals surface area contributed by atoms with E-state index in [9.17, 15) is 4.79 Å².